The first-order chi connectivity index (χ1) is 6.11. The van der Waals surface area contributed by atoms with Gasteiger partial charge in [-0.3, -0.25) is 0 Å². The molecule has 0 aliphatic heterocycles. The van der Waals surface area contributed by atoms with Crippen LogP contribution in [0.1, 0.15) is 39.5 Å². The van der Waals surface area contributed by atoms with Gasteiger partial charge in [0, 0.05) is 6.04 Å². The highest BCUT2D eigenvalue weighted by Crippen LogP contribution is 2.35. The van der Waals surface area contributed by atoms with Gasteiger partial charge in [0.25, 0.3) is 0 Å². The van der Waals surface area contributed by atoms with Gasteiger partial charge in [0.15, 0.2) is 0 Å². The van der Waals surface area contributed by atoms with E-state index in [-0.39, 0.29) is 5.41 Å². The average molecular weight is 184 g/mol. The van der Waals surface area contributed by atoms with Gasteiger partial charge >= 0.3 is 0 Å². The van der Waals surface area contributed by atoms with Crippen molar-refractivity contribution in [3.8, 4) is 0 Å². The van der Waals surface area contributed by atoms with Gasteiger partial charge in [0.1, 0.15) is 0 Å². The molecule has 0 spiro atoms. The Morgan fingerprint density at radius 3 is 2.31 bits per heavy atom. The predicted octanol–water partition coefficient (Wildman–Crippen LogP) is 1.75. The fraction of sp³-hybridized carbons (Fsp3) is 1.00. The second kappa shape index (κ2) is 4.43. The van der Waals surface area contributed by atoms with Gasteiger partial charge in [-0.15, -0.1) is 0 Å². The number of rotatable bonds is 4. The van der Waals surface area contributed by atoms with Crippen molar-refractivity contribution in [1.82, 2.24) is 5.32 Å². The largest absolute Gasteiger partial charge is 0.330 e. The molecule has 2 heteroatoms. The van der Waals surface area contributed by atoms with Crippen LogP contribution in [0.4, 0.5) is 0 Å². The lowest BCUT2D eigenvalue weighted by molar-refractivity contribution is 0.191. The third-order valence-electron chi connectivity index (χ3n) is 3.55. The second-order valence-corrected chi connectivity index (χ2v) is 5.00. The Balaban J connectivity index is 2.59. The van der Waals surface area contributed by atoms with Crippen molar-refractivity contribution in [2.45, 2.75) is 45.6 Å². The number of hydrogen-bond donors (Lipinski definition) is 2. The second-order valence-electron chi connectivity index (χ2n) is 5.00. The molecule has 0 aromatic rings. The molecule has 0 bridgehead atoms. The molecule has 1 atom stereocenters. The summed E-state index contributed by atoms with van der Waals surface area (Å²) in [7, 11) is 2.07. The molecular formula is C11H24N2. The number of nitrogens with two attached hydrogens (primary N) is 1. The minimum absolute atomic E-state index is 0.240. The van der Waals surface area contributed by atoms with Crippen LogP contribution in [0.2, 0.25) is 0 Å². The van der Waals surface area contributed by atoms with Crippen LogP contribution in [0.5, 0.6) is 0 Å². The molecule has 2 nitrogen and oxygen atoms in total. The fourth-order valence-electron chi connectivity index (χ4n) is 2.68. The minimum atomic E-state index is 0.240. The first-order valence-electron chi connectivity index (χ1n) is 5.49. The molecule has 0 aromatic heterocycles. The van der Waals surface area contributed by atoms with Gasteiger partial charge in [0.05, 0.1) is 0 Å². The van der Waals surface area contributed by atoms with Crippen molar-refractivity contribution >= 4 is 0 Å². The van der Waals surface area contributed by atoms with Gasteiger partial charge in [-0.2, -0.15) is 0 Å². The molecule has 1 aliphatic rings. The van der Waals surface area contributed by atoms with Crippen LogP contribution >= 0.6 is 0 Å². The van der Waals surface area contributed by atoms with Gasteiger partial charge in [-0.25, -0.2) is 0 Å². The SMILES string of the molecule is CNC(C1CCCC1)C(C)(C)CN. The number of hydrogen-bond acceptors (Lipinski definition) is 2. The van der Waals surface area contributed by atoms with Crippen LogP contribution in [0, 0.1) is 11.3 Å². The zero-order chi connectivity index (χ0) is 9.90. The molecule has 1 saturated carbocycles. The highest BCUT2D eigenvalue weighted by molar-refractivity contribution is 4.91. The molecule has 1 aliphatic carbocycles. The van der Waals surface area contributed by atoms with Crippen LogP contribution in [0.15, 0.2) is 0 Å². The zero-order valence-corrected chi connectivity index (χ0v) is 9.27. The molecule has 0 heterocycles. The van der Waals surface area contributed by atoms with Crippen LogP contribution in [-0.4, -0.2) is 19.6 Å². The third-order valence-corrected chi connectivity index (χ3v) is 3.55. The van der Waals surface area contributed by atoms with E-state index in [0.717, 1.165) is 12.5 Å². The topological polar surface area (TPSA) is 38.0 Å². The summed E-state index contributed by atoms with van der Waals surface area (Å²) in [6, 6.07) is 0.597. The summed E-state index contributed by atoms with van der Waals surface area (Å²) >= 11 is 0. The van der Waals surface area contributed by atoms with Crippen LogP contribution < -0.4 is 11.1 Å². The molecular weight excluding hydrogens is 160 g/mol. The van der Waals surface area contributed by atoms with Gasteiger partial charge in [-0.1, -0.05) is 26.7 Å². The Hall–Kier alpha value is -0.0800. The molecule has 0 radical (unpaired) electrons. The van der Waals surface area contributed by atoms with Crippen molar-refractivity contribution in [2.24, 2.45) is 17.1 Å². The lowest BCUT2D eigenvalue weighted by Crippen LogP contribution is -2.48. The molecule has 78 valence electrons. The zero-order valence-electron chi connectivity index (χ0n) is 9.27. The van der Waals surface area contributed by atoms with Gasteiger partial charge in [0.2, 0.25) is 0 Å². The minimum Gasteiger partial charge on any atom is -0.330 e. The van der Waals surface area contributed by atoms with Crippen molar-refractivity contribution < 1.29 is 0 Å². The van der Waals surface area contributed by atoms with E-state index in [9.17, 15) is 0 Å². The molecule has 0 aromatic carbocycles. The van der Waals surface area contributed by atoms with E-state index in [2.05, 4.69) is 26.2 Å². The monoisotopic (exact) mass is 184 g/mol. The molecule has 1 fully saturated rings. The summed E-state index contributed by atoms with van der Waals surface area (Å²) in [5.74, 6) is 0.851. The first kappa shape index (κ1) is 11.0. The third kappa shape index (κ3) is 2.44. The highest BCUT2D eigenvalue weighted by atomic mass is 14.9. The van der Waals surface area contributed by atoms with Crippen molar-refractivity contribution in [2.75, 3.05) is 13.6 Å². The maximum Gasteiger partial charge on any atom is 0.0155 e. The fourth-order valence-corrected chi connectivity index (χ4v) is 2.68. The summed E-state index contributed by atoms with van der Waals surface area (Å²) in [4.78, 5) is 0. The van der Waals surface area contributed by atoms with E-state index in [4.69, 9.17) is 5.73 Å². The summed E-state index contributed by atoms with van der Waals surface area (Å²) in [5.41, 5.74) is 6.05. The van der Waals surface area contributed by atoms with E-state index in [1.807, 2.05) is 0 Å². The van der Waals surface area contributed by atoms with Crippen molar-refractivity contribution in [3.05, 3.63) is 0 Å². The van der Waals surface area contributed by atoms with E-state index >= 15 is 0 Å². The predicted molar refractivity (Wildman–Crippen MR) is 57.6 cm³/mol. The summed E-state index contributed by atoms with van der Waals surface area (Å²) in [6.07, 6.45) is 5.58. The standard InChI is InChI=1S/C11H24N2/c1-11(2,8-12)10(13-3)9-6-4-5-7-9/h9-10,13H,4-8,12H2,1-3H3. The van der Waals surface area contributed by atoms with Gasteiger partial charge < -0.3 is 11.1 Å². The van der Waals surface area contributed by atoms with E-state index < -0.39 is 0 Å². The summed E-state index contributed by atoms with van der Waals surface area (Å²) in [6.45, 7) is 5.31. The lowest BCUT2D eigenvalue weighted by Gasteiger charge is -2.37. The molecule has 1 rings (SSSR count). The molecule has 3 N–H and O–H groups in total. The smallest absolute Gasteiger partial charge is 0.0155 e. The molecule has 1 unspecified atom stereocenters. The van der Waals surface area contributed by atoms with Crippen LogP contribution in [0.25, 0.3) is 0 Å². The van der Waals surface area contributed by atoms with Crippen molar-refractivity contribution in [3.63, 3.8) is 0 Å². The number of nitrogens with one attached hydrogen (secondary N) is 1. The Kier molecular flexibility index (Phi) is 3.74. The average Bonchev–Trinajstić information content (AvgIpc) is 2.58. The molecule has 0 saturated heterocycles. The maximum atomic E-state index is 5.81. The molecule has 13 heavy (non-hydrogen) atoms. The maximum absolute atomic E-state index is 5.81. The van der Waals surface area contributed by atoms with E-state index in [0.29, 0.717) is 6.04 Å². The normalized spacial score (nSPS) is 22.2. The highest BCUT2D eigenvalue weighted by Gasteiger charge is 2.34. The Morgan fingerprint density at radius 1 is 1.38 bits per heavy atom. The quantitative estimate of drug-likeness (QED) is 0.698. The van der Waals surface area contributed by atoms with Crippen LogP contribution in [-0.2, 0) is 0 Å². The first-order valence-corrected chi connectivity index (χ1v) is 5.49. The Bertz CT molecular complexity index is 148. The van der Waals surface area contributed by atoms with E-state index in [1.165, 1.54) is 25.7 Å². The lowest BCUT2D eigenvalue weighted by atomic mass is 9.77. The summed E-state index contributed by atoms with van der Waals surface area (Å²) < 4.78 is 0. The van der Waals surface area contributed by atoms with Crippen LogP contribution in [0.3, 0.4) is 0 Å². The Labute approximate surface area is 82.3 Å². The molecule has 0 amide bonds. The Morgan fingerprint density at radius 2 is 1.92 bits per heavy atom. The van der Waals surface area contributed by atoms with E-state index in [1.54, 1.807) is 0 Å². The summed E-state index contributed by atoms with van der Waals surface area (Å²) in [5, 5.41) is 3.46. The van der Waals surface area contributed by atoms with Gasteiger partial charge in [-0.05, 0) is 37.8 Å². The van der Waals surface area contributed by atoms with Crippen molar-refractivity contribution in [1.29, 1.82) is 0 Å².